The molecular formula is C53H78N4O12. The number of nitrogens with zero attached hydrogens (tertiary/aromatic N) is 1. The molecule has 5 saturated carbocycles. The van der Waals surface area contributed by atoms with Crippen LogP contribution in [0.25, 0.3) is 0 Å². The summed E-state index contributed by atoms with van der Waals surface area (Å²) < 4.78 is 12.6. The van der Waals surface area contributed by atoms with Crippen LogP contribution in [0.2, 0.25) is 0 Å². The lowest BCUT2D eigenvalue weighted by molar-refractivity contribution is -0.342. The Morgan fingerprint density at radius 3 is 2.39 bits per heavy atom. The monoisotopic (exact) mass is 963 g/mol. The molecule has 0 unspecified atom stereocenters. The highest BCUT2D eigenvalue weighted by molar-refractivity contribution is 5.87. The molecule has 382 valence electrons. The Labute approximate surface area is 405 Å². The number of allylic oxidation sites excluding steroid dienone is 2. The number of carboxylic acids is 1. The number of carbonyl (C=O) groups is 2. The fourth-order valence-corrected chi connectivity index (χ4v) is 18.2. The van der Waals surface area contributed by atoms with Crippen molar-refractivity contribution in [2.75, 3.05) is 19.8 Å². The second-order valence-corrected chi connectivity index (χ2v) is 25.0. The minimum atomic E-state index is -1.65. The first-order valence-corrected chi connectivity index (χ1v) is 26.0. The molecular weight excluding hydrogens is 885 g/mol. The number of aromatic nitrogens is 2. The molecule has 9 aliphatic rings. The molecule has 16 heteroatoms. The third kappa shape index (κ3) is 6.87. The Kier molecular flexibility index (Phi) is 12.3. The van der Waals surface area contributed by atoms with Crippen molar-refractivity contribution in [1.29, 1.82) is 0 Å². The molecule has 1 aromatic rings. The molecule has 2 aliphatic heterocycles. The van der Waals surface area contributed by atoms with Crippen LogP contribution in [0.3, 0.4) is 0 Å². The molecule has 0 bridgehead atoms. The standard InChI is InChI=1S/C53H78N4O12/c1-47(24-58)15-17-52(46(66)67)18-16-49(3)30(33(52)21-47)19-27-8-9-28-7-6-13-53(28)31(38(57-45(53)65)29(10-11-37(54)61)34-22-55-26-56-34)20-32-39(62)43(69-44-41(64)40(63)35(60)23-68-44)48(2,25-59)36-12-14-50(49,4)42(27)51(32,36)5/h19,22,26-29,31-33,35-44,58-64H,6-7,10-18,20-21,23-25,54H2,1-5H3,(H,55,56)(H,57,65)(H,66,67)/t27-,28+,29+,31+,32-,33-,35+,36+,37-,38+,39+,40-,41+,42-,43+,44-,47-,48-,49+,50+,51-,52-,53-/m0/s1. The van der Waals surface area contributed by atoms with Gasteiger partial charge in [0.2, 0.25) is 5.91 Å². The molecule has 12 N–H and O–H groups in total. The highest BCUT2D eigenvalue weighted by Crippen LogP contribution is 2.78. The Balaban J connectivity index is 1.20. The van der Waals surface area contributed by atoms with Crippen LogP contribution in [0.15, 0.2) is 24.2 Å². The van der Waals surface area contributed by atoms with Crippen molar-refractivity contribution in [3.8, 4) is 11.8 Å². The highest BCUT2D eigenvalue weighted by Gasteiger charge is 2.76. The maximum Gasteiger partial charge on any atom is 0.310 e. The summed E-state index contributed by atoms with van der Waals surface area (Å²) in [6, 6.07) is -0.478. The van der Waals surface area contributed by atoms with Crippen molar-refractivity contribution in [2.24, 2.45) is 85.1 Å². The van der Waals surface area contributed by atoms with Crippen LogP contribution in [0.5, 0.6) is 0 Å². The molecule has 7 aliphatic carbocycles. The van der Waals surface area contributed by atoms with Gasteiger partial charge in [-0.2, -0.15) is 0 Å². The van der Waals surface area contributed by atoms with Crippen LogP contribution in [-0.2, 0) is 19.1 Å². The maximum absolute atomic E-state index is 15.3. The van der Waals surface area contributed by atoms with Crippen LogP contribution >= 0.6 is 0 Å². The number of ether oxygens (including phenoxy) is 2. The van der Waals surface area contributed by atoms with E-state index in [9.17, 15) is 45.6 Å². The number of carbonyl (C=O) groups excluding carboxylic acids is 1. The van der Waals surface area contributed by atoms with Crippen LogP contribution < -0.4 is 11.1 Å². The quantitative estimate of drug-likeness (QED) is 0.0697. The number of aliphatic hydroxyl groups is 7. The Morgan fingerprint density at radius 2 is 1.71 bits per heavy atom. The number of aliphatic carboxylic acids is 1. The predicted molar refractivity (Wildman–Crippen MR) is 250 cm³/mol. The molecule has 0 radical (unpaired) electrons. The summed E-state index contributed by atoms with van der Waals surface area (Å²) in [5, 5.41) is 94.1. The number of imidazole rings is 1. The number of amides is 1. The normalized spacial score (nSPS) is 51.7. The fourth-order valence-electron chi connectivity index (χ4n) is 18.2. The molecule has 0 aromatic carbocycles. The van der Waals surface area contributed by atoms with E-state index in [-0.39, 0.29) is 61.0 Å². The largest absolute Gasteiger partial charge is 0.481 e. The van der Waals surface area contributed by atoms with Gasteiger partial charge in [0.1, 0.15) is 24.5 Å². The minimum Gasteiger partial charge on any atom is -0.481 e. The summed E-state index contributed by atoms with van der Waals surface area (Å²) >= 11 is 0. The minimum absolute atomic E-state index is 0.0426. The molecule has 23 atom stereocenters. The van der Waals surface area contributed by atoms with E-state index < -0.39 is 111 Å². The molecule has 2 saturated heterocycles. The van der Waals surface area contributed by atoms with Gasteiger partial charge in [0.05, 0.1) is 42.6 Å². The first kappa shape index (κ1) is 49.6. The molecule has 3 heterocycles. The van der Waals surface area contributed by atoms with Crippen molar-refractivity contribution < 1.29 is 59.9 Å². The predicted octanol–water partition coefficient (Wildman–Crippen LogP) is 2.94. The fraction of sp³-hybridized carbons (Fsp3) is 0.830. The lowest BCUT2D eigenvalue weighted by Gasteiger charge is -2.74. The van der Waals surface area contributed by atoms with Gasteiger partial charge in [-0.3, -0.25) is 9.59 Å². The number of hydrogen-bond donors (Lipinski definition) is 11. The van der Waals surface area contributed by atoms with E-state index in [0.717, 1.165) is 17.7 Å². The molecule has 16 nitrogen and oxygen atoms in total. The molecule has 10 rings (SSSR count). The second-order valence-electron chi connectivity index (χ2n) is 25.0. The number of carboxylic acid groups (broad SMARTS) is 1. The van der Waals surface area contributed by atoms with E-state index >= 15 is 4.79 Å². The summed E-state index contributed by atoms with van der Waals surface area (Å²) in [4.78, 5) is 36.6. The summed E-state index contributed by atoms with van der Waals surface area (Å²) in [7, 11) is 0. The smallest absolute Gasteiger partial charge is 0.310 e. The lowest BCUT2D eigenvalue weighted by Crippen LogP contribution is -2.73. The number of H-pyrrole nitrogens is 1. The highest BCUT2D eigenvalue weighted by atomic mass is 16.7. The zero-order valence-corrected chi connectivity index (χ0v) is 41.0. The number of rotatable bonds is 10. The van der Waals surface area contributed by atoms with Gasteiger partial charge >= 0.3 is 5.97 Å². The number of aliphatic hydroxyl groups excluding tert-OH is 7. The number of aromatic amines is 1. The van der Waals surface area contributed by atoms with E-state index in [4.69, 9.17) is 15.2 Å². The van der Waals surface area contributed by atoms with Gasteiger partial charge < -0.3 is 66.4 Å². The topological polar surface area (TPSA) is 281 Å². The zero-order valence-electron chi connectivity index (χ0n) is 41.0. The van der Waals surface area contributed by atoms with E-state index in [1.54, 1.807) is 12.5 Å². The van der Waals surface area contributed by atoms with E-state index in [2.05, 4.69) is 60.9 Å². The third-order valence-corrected chi connectivity index (χ3v) is 22.1. The van der Waals surface area contributed by atoms with Crippen molar-refractivity contribution in [3.63, 3.8) is 0 Å². The van der Waals surface area contributed by atoms with Gasteiger partial charge in [-0.15, -0.1) is 0 Å². The number of hydrogen-bond acceptors (Lipinski definition) is 13. The Bertz CT molecular complexity index is 2250. The molecule has 7 fully saturated rings. The number of nitrogens with one attached hydrogen (secondary N) is 2. The van der Waals surface area contributed by atoms with E-state index in [1.807, 2.05) is 6.92 Å². The van der Waals surface area contributed by atoms with Gasteiger partial charge in [0.15, 0.2) is 6.29 Å². The van der Waals surface area contributed by atoms with E-state index in [1.165, 1.54) is 0 Å². The van der Waals surface area contributed by atoms with E-state index in [0.29, 0.717) is 70.6 Å². The average molecular weight is 963 g/mol. The average Bonchev–Trinajstić information content (AvgIpc) is 4.06. The summed E-state index contributed by atoms with van der Waals surface area (Å²) in [5.74, 6) is 3.83. The third-order valence-electron chi connectivity index (χ3n) is 22.1. The van der Waals surface area contributed by atoms with Gasteiger partial charge in [-0.25, -0.2) is 4.98 Å². The van der Waals surface area contributed by atoms with Crippen LogP contribution in [-0.4, -0.2) is 132 Å². The first-order valence-electron chi connectivity index (χ1n) is 26.0. The second kappa shape index (κ2) is 17.1. The molecule has 1 spiro atoms. The zero-order chi connectivity index (χ0) is 49.4. The van der Waals surface area contributed by atoms with Crippen LogP contribution in [0.4, 0.5) is 0 Å². The number of fused-ring (bicyclic) bond motifs is 4. The maximum atomic E-state index is 15.3. The van der Waals surface area contributed by atoms with Gasteiger partial charge in [0, 0.05) is 47.7 Å². The van der Waals surface area contributed by atoms with Gasteiger partial charge in [0.25, 0.3) is 0 Å². The number of nitrogens with two attached hydrogens (primary N) is 1. The van der Waals surface area contributed by atoms with Gasteiger partial charge in [-0.1, -0.05) is 64.5 Å². The molecule has 69 heavy (non-hydrogen) atoms. The van der Waals surface area contributed by atoms with Gasteiger partial charge in [-0.05, 0) is 128 Å². The summed E-state index contributed by atoms with van der Waals surface area (Å²) in [6.07, 6.45) is 3.28. The van der Waals surface area contributed by atoms with Crippen LogP contribution in [0.1, 0.15) is 130 Å². The SMILES string of the molecule is C[C@]1(CO)CC[C@]2(C(=O)O)CC[C@]3(C)C(=C[C@@H]4C#C[C@H]5CCC[C@]56C(=O)N[C@H]([C@H](CC[C@@H](N)O)c5cnc[nH]5)[C@H]6C[C@H]5[C@@H](O)[C@@H](O[C@@H]6OC[C@@H](O)[C@H](O)[C@H]6O)[C@@](C)(CO)[C@H]6CC[C@]3(C)[C@H]4[C@]65C)[C@@H]2C1. The summed E-state index contributed by atoms with van der Waals surface area (Å²) in [5.41, 5.74) is 2.52. The van der Waals surface area contributed by atoms with Crippen LogP contribution in [0, 0.1) is 91.2 Å². The van der Waals surface area contributed by atoms with Crippen molar-refractivity contribution in [1.82, 2.24) is 15.3 Å². The van der Waals surface area contributed by atoms with Crippen molar-refractivity contribution in [3.05, 3.63) is 29.9 Å². The first-order chi connectivity index (χ1) is 32.6. The Hall–Kier alpha value is -2.95. The lowest BCUT2D eigenvalue weighted by atomic mass is 9.30. The van der Waals surface area contributed by atoms with Crippen molar-refractivity contribution >= 4 is 11.9 Å². The molecule has 1 amide bonds. The molecule has 1 aromatic heterocycles. The van der Waals surface area contributed by atoms with Crippen molar-refractivity contribution in [2.45, 2.75) is 173 Å². The summed E-state index contributed by atoms with van der Waals surface area (Å²) in [6.45, 7) is 10.2. The Morgan fingerprint density at radius 1 is 0.957 bits per heavy atom.